The van der Waals surface area contributed by atoms with Crippen LogP contribution in [0.15, 0.2) is 48.5 Å². The molecule has 0 aliphatic heterocycles. The van der Waals surface area contributed by atoms with Crippen LogP contribution >= 0.6 is 46.6 Å². The van der Waals surface area contributed by atoms with Gasteiger partial charge in [0, 0.05) is 29.1 Å². The molecule has 0 saturated carbocycles. The highest BCUT2D eigenvalue weighted by Crippen LogP contribution is 2.20. The predicted molar refractivity (Wildman–Crippen MR) is 121 cm³/mol. The highest BCUT2D eigenvalue weighted by molar-refractivity contribution is 14.1. The molecule has 0 spiro atoms. The summed E-state index contributed by atoms with van der Waals surface area (Å²) in [5.41, 5.74) is 2.79. The van der Waals surface area contributed by atoms with Crippen LogP contribution in [-0.2, 0) is 15.9 Å². The van der Waals surface area contributed by atoms with Gasteiger partial charge in [0.1, 0.15) is 0 Å². The summed E-state index contributed by atoms with van der Waals surface area (Å²) < 4.78 is 11.3. The highest BCUT2D eigenvalue weighted by atomic mass is 127. The van der Waals surface area contributed by atoms with Crippen LogP contribution < -0.4 is 5.32 Å². The number of carbonyl (C=O) groups is 1. The van der Waals surface area contributed by atoms with Gasteiger partial charge in [0.15, 0.2) is 0 Å². The Morgan fingerprint density at radius 3 is 2.44 bits per heavy atom. The van der Waals surface area contributed by atoms with E-state index in [1.165, 1.54) is 12.7 Å². The van der Waals surface area contributed by atoms with E-state index in [1.807, 2.05) is 36.4 Å². The number of carbonyl (C=O) groups excluding carboxylic acids is 1. The molecule has 2 atom stereocenters. The molecule has 0 aliphatic rings. The van der Waals surface area contributed by atoms with Crippen LogP contribution in [0.1, 0.15) is 27.6 Å². The van der Waals surface area contributed by atoms with E-state index in [9.17, 15) is 4.79 Å². The zero-order valence-electron chi connectivity index (χ0n) is 15.3. The molecule has 2 aromatic rings. The number of hydrogen-bond donors (Lipinski definition) is 1. The lowest BCUT2D eigenvalue weighted by Gasteiger charge is -2.22. The first-order valence-corrected chi connectivity index (χ1v) is 10.2. The van der Waals surface area contributed by atoms with E-state index in [0.717, 1.165) is 16.4 Å². The number of alkyl halides is 1. The fraction of sp³-hybridized carbons (Fsp3) is 0.350. The van der Waals surface area contributed by atoms with E-state index in [0.29, 0.717) is 23.2 Å². The molecule has 148 valence electrons. The summed E-state index contributed by atoms with van der Waals surface area (Å²) >= 11 is 8.46. The van der Waals surface area contributed by atoms with Crippen molar-refractivity contribution in [2.75, 3.05) is 25.2 Å². The van der Waals surface area contributed by atoms with Crippen molar-refractivity contribution in [1.82, 2.24) is 5.32 Å². The second-order valence-electron chi connectivity index (χ2n) is 5.93. The minimum absolute atomic E-state index is 0. The maximum absolute atomic E-state index is 11.5. The van der Waals surface area contributed by atoms with Gasteiger partial charge in [-0.1, -0.05) is 58.5 Å². The van der Waals surface area contributed by atoms with Gasteiger partial charge < -0.3 is 14.8 Å². The molecule has 7 heteroatoms. The Hall–Kier alpha value is -0.860. The fourth-order valence-corrected chi connectivity index (χ4v) is 3.50. The molecule has 2 unspecified atom stereocenters. The Balaban J connectivity index is 0.00000364. The zero-order chi connectivity index (χ0) is 18.9. The van der Waals surface area contributed by atoms with Gasteiger partial charge in [-0.3, -0.25) is 0 Å². The monoisotopic (exact) mass is 523 g/mol. The van der Waals surface area contributed by atoms with E-state index in [-0.39, 0.29) is 24.5 Å². The van der Waals surface area contributed by atoms with Gasteiger partial charge in [0.05, 0.1) is 18.8 Å². The van der Waals surface area contributed by atoms with E-state index in [2.05, 4.69) is 27.9 Å². The predicted octanol–water partition coefficient (Wildman–Crippen LogP) is 4.87. The van der Waals surface area contributed by atoms with Gasteiger partial charge in [-0.2, -0.15) is 0 Å². The highest BCUT2D eigenvalue weighted by Gasteiger charge is 2.15. The summed E-state index contributed by atoms with van der Waals surface area (Å²) in [5, 5.41) is 4.28. The van der Waals surface area contributed by atoms with Gasteiger partial charge in [0.25, 0.3) is 0 Å². The lowest BCUT2D eigenvalue weighted by atomic mass is 10.0. The van der Waals surface area contributed by atoms with Crippen LogP contribution in [0, 0.1) is 0 Å². The smallest absolute Gasteiger partial charge is 0.337 e. The van der Waals surface area contributed by atoms with Gasteiger partial charge >= 0.3 is 5.97 Å². The van der Waals surface area contributed by atoms with Gasteiger partial charge in [-0.05, 0) is 41.8 Å². The van der Waals surface area contributed by atoms with Crippen LogP contribution in [0.5, 0.6) is 0 Å². The molecule has 4 nitrogen and oxygen atoms in total. The standard InChI is InChI=1S/C20H23ClINO3.ClH/c1-25-19(16-4-3-5-17(21)11-16)13-23-18(12-22)10-14-6-8-15(9-7-14)20(24)26-2;/h3-9,11,18-19,23H,10,12-13H2,1-2H3;1H. The molecule has 0 bridgehead atoms. The Labute approximate surface area is 185 Å². The van der Waals surface area contributed by atoms with Crippen LogP contribution in [0.3, 0.4) is 0 Å². The normalized spacial score (nSPS) is 12.7. The first-order chi connectivity index (χ1) is 12.6. The Morgan fingerprint density at radius 1 is 1.19 bits per heavy atom. The van der Waals surface area contributed by atoms with Crippen molar-refractivity contribution in [2.45, 2.75) is 18.6 Å². The number of halogens is 3. The van der Waals surface area contributed by atoms with Crippen molar-refractivity contribution in [3.05, 3.63) is 70.2 Å². The van der Waals surface area contributed by atoms with E-state index < -0.39 is 0 Å². The van der Waals surface area contributed by atoms with E-state index in [4.69, 9.17) is 21.1 Å². The summed E-state index contributed by atoms with van der Waals surface area (Å²) in [6, 6.07) is 15.6. The average Bonchev–Trinajstić information content (AvgIpc) is 2.67. The molecular formula is C20H24Cl2INO3. The molecule has 0 aromatic heterocycles. The van der Waals surface area contributed by atoms with Crippen LogP contribution in [0.4, 0.5) is 0 Å². The quantitative estimate of drug-likeness (QED) is 0.289. The topological polar surface area (TPSA) is 47.6 Å². The Bertz CT molecular complexity index is 713. The largest absolute Gasteiger partial charge is 0.465 e. The second kappa shape index (κ2) is 12.6. The lowest BCUT2D eigenvalue weighted by Crippen LogP contribution is -2.36. The molecule has 0 amide bonds. The van der Waals surface area contributed by atoms with Crippen molar-refractivity contribution in [1.29, 1.82) is 0 Å². The average molecular weight is 524 g/mol. The fourth-order valence-electron chi connectivity index (χ4n) is 2.68. The van der Waals surface area contributed by atoms with Crippen LogP contribution in [0.2, 0.25) is 5.02 Å². The van der Waals surface area contributed by atoms with Crippen molar-refractivity contribution < 1.29 is 14.3 Å². The van der Waals surface area contributed by atoms with Gasteiger partial charge in [0.2, 0.25) is 0 Å². The molecule has 2 rings (SSSR count). The summed E-state index contributed by atoms with van der Waals surface area (Å²) in [4.78, 5) is 11.5. The Kier molecular flexibility index (Phi) is 11.3. The number of methoxy groups -OCH3 is 2. The summed E-state index contributed by atoms with van der Waals surface area (Å²) in [6.07, 6.45) is 0.817. The number of esters is 1. The maximum atomic E-state index is 11.5. The Morgan fingerprint density at radius 2 is 1.89 bits per heavy atom. The van der Waals surface area contributed by atoms with Crippen molar-refractivity contribution >= 4 is 52.6 Å². The van der Waals surface area contributed by atoms with Crippen LogP contribution in [-0.4, -0.2) is 37.2 Å². The third-order valence-corrected chi connectivity index (χ3v) is 5.44. The molecule has 1 N–H and O–H groups in total. The third kappa shape index (κ3) is 7.58. The maximum Gasteiger partial charge on any atom is 0.337 e. The summed E-state index contributed by atoms with van der Waals surface area (Å²) in [5.74, 6) is -0.315. The number of hydrogen-bond acceptors (Lipinski definition) is 4. The molecule has 0 heterocycles. The minimum Gasteiger partial charge on any atom is -0.465 e. The molecule has 0 aliphatic carbocycles. The first-order valence-electron chi connectivity index (χ1n) is 8.32. The SMILES string of the molecule is COC(=O)c1ccc(CC(CI)NCC(OC)c2cccc(Cl)c2)cc1.Cl. The number of nitrogens with one attached hydrogen (secondary N) is 1. The molecule has 0 fully saturated rings. The zero-order valence-corrected chi connectivity index (χ0v) is 19.0. The molecular weight excluding hydrogens is 500 g/mol. The summed E-state index contributed by atoms with van der Waals surface area (Å²) in [7, 11) is 3.09. The van der Waals surface area contributed by atoms with Gasteiger partial charge in [-0.15, -0.1) is 12.4 Å². The number of rotatable bonds is 9. The second-order valence-corrected chi connectivity index (χ2v) is 7.25. The molecule has 0 saturated heterocycles. The first kappa shape index (κ1) is 24.2. The van der Waals surface area contributed by atoms with Crippen molar-refractivity contribution in [3.8, 4) is 0 Å². The molecule has 0 radical (unpaired) electrons. The summed E-state index contributed by atoms with van der Waals surface area (Å²) in [6.45, 7) is 0.699. The van der Waals surface area contributed by atoms with Crippen molar-refractivity contribution in [2.24, 2.45) is 0 Å². The van der Waals surface area contributed by atoms with Gasteiger partial charge in [-0.25, -0.2) is 4.79 Å². The van der Waals surface area contributed by atoms with E-state index in [1.54, 1.807) is 19.2 Å². The minimum atomic E-state index is -0.315. The lowest BCUT2D eigenvalue weighted by molar-refractivity contribution is 0.0600. The van der Waals surface area contributed by atoms with E-state index >= 15 is 0 Å². The molecule has 27 heavy (non-hydrogen) atoms. The number of benzene rings is 2. The van der Waals surface area contributed by atoms with Crippen molar-refractivity contribution in [3.63, 3.8) is 0 Å². The van der Waals surface area contributed by atoms with Crippen LogP contribution in [0.25, 0.3) is 0 Å². The molecule has 2 aromatic carbocycles. The third-order valence-electron chi connectivity index (χ3n) is 4.14. The number of ether oxygens (including phenoxy) is 2.